The van der Waals surface area contributed by atoms with E-state index in [9.17, 15) is 10.1 Å². The summed E-state index contributed by atoms with van der Waals surface area (Å²) in [6.45, 7) is 6.14. The Balaban J connectivity index is 1.73. The Morgan fingerprint density at radius 3 is 2.68 bits per heavy atom. The minimum atomic E-state index is -0.399. The first kappa shape index (κ1) is 19.8. The average Bonchev–Trinajstić information content (AvgIpc) is 2.70. The molecule has 0 saturated carbocycles. The van der Waals surface area contributed by atoms with Crippen LogP contribution in [0.15, 0.2) is 30.6 Å². The molecule has 1 aromatic heterocycles. The molecule has 1 aliphatic heterocycles. The van der Waals surface area contributed by atoms with Crippen molar-refractivity contribution >= 4 is 17.3 Å². The van der Waals surface area contributed by atoms with Gasteiger partial charge in [-0.15, -0.1) is 0 Å². The van der Waals surface area contributed by atoms with E-state index in [2.05, 4.69) is 20.2 Å². The monoisotopic (exact) mass is 386 g/mol. The Labute approximate surface area is 164 Å². The van der Waals surface area contributed by atoms with E-state index >= 15 is 0 Å². The zero-order chi connectivity index (χ0) is 19.9. The number of nitro groups is 1. The van der Waals surface area contributed by atoms with Crippen LogP contribution in [-0.4, -0.2) is 66.2 Å². The van der Waals surface area contributed by atoms with Gasteiger partial charge in [0.2, 0.25) is 11.6 Å². The Morgan fingerprint density at radius 2 is 1.96 bits per heavy atom. The summed E-state index contributed by atoms with van der Waals surface area (Å²) in [5.41, 5.74) is 0.984. The standard InChI is InChI=1S/C19H26N6O3/c1-3-28-16-7-5-4-6-15(16)8-9-20-18-17(25(26)27)19(22-14-21-18)24-12-10-23(2)11-13-24/h4-7,14H,3,8-13H2,1-2H3,(H,20,21,22). The predicted molar refractivity (Wildman–Crippen MR) is 108 cm³/mol. The molecule has 1 saturated heterocycles. The van der Waals surface area contributed by atoms with Crippen molar-refractivity contribution in [2.24, 2.45) is 0 Å². The summed E-state index contributed by atoms with van der Waals surface area (Å²) in [6.07, 6.45) is 2.05. The quantitative estimate of drug-likeness (QED) is 0.545. The maximum atomic E-state index is 11.8. The third-order valence-corrected chi connectivity index (χ3v) is 4.75. The SMILES string of the molecule is CCOc1ccccc1CCNc1ncnc(N2CCN(C)CC2)c1[N+](=O)[O-]. The molecular weight excluding hydrogens is 360 g/mol. The van der Waals surface area contributed by atoms with Crippen LogP contribution in [0.2, 0.25) is 0 Å². The summed E-state index contributed by atoms with van der Waals surface area (Å²) >= 11 is 0. The fraction of sp³-hybridized carbons (Fsp3) is 0.474. The van der Waals surface area contributed by atoms with Gasteiger partial charge in [-0.1, -0.05) is 18.2 Å². The first-order chi connectivity index (χ1) is 13.6. The van der Waals surface area contributed by atoms with Crippen LogP contribution >= 0.6 is 0 Å². The summed E-state index contributed by atoms with van der Waals surface area (Å²) in [6, 6.07) is 7.81. The Bertz CT molecular complexity index is 808. The van der Waals surface area contributed by atoms with E-state index in [0.717, 1.165) is 24.4 Å². The third kappa shape index (κ3) is 4.66. The van der Waals surface area contributed by atoms with Crippen molar-refractivity contribution in [3.63, 3.8) is 0 Å². The van der Waals surface area contributed by atoms with E-state index in [-0.39, 0.29) is 11.5 Å². The van der Waals surface area contributed by atoms with Gasteiger partial charge in [-0.3, -0.25) is 10.1 Å². The van der Waals surface area contributed by atoms with Crippen molar-refractivity contribution in [1.29, 1.82) is 0 Å². The smallest absolute Gasteiger partial charge is 0.353 e. The van der Waals surface area contributed by atoms with Crippen LogP contribution < -0.4 is 15.0 Å². The van der Waals surface area contributed by atoms with E-state index < -0.39 is 4.92 Å². The van der Waals surface area contributed by atoms with E-state index in [1.807, 2.05) is 43.1 Å². The van der Waals surface area contributed by atoms with Gasteiger partial charge < -0.3 is 19.9 Å². The number of rotatable bonds is 8. The van der Waals surface area contributed by atoms with Gasteiger partial charge in [0.15, 0.2) is 0 Å². The first-order valence-corrected chi connectivity index (χ1v) is 9.47. The molecule has 0 bridgehead atoms. The summed E-state index contributed by atoms with van der Waals surface area (Å²) in [7, 11) is 2.04. The molecule has 2 aromatic rings. The second kappa shape index (κ2) is 9.32. The molecule has 9 heteroatoms. The highest BCUT2D eigenvalue weighted by molar-refractivity contribution is 5.70. The molecule has 0 unspecified atom stereocenters. The lowest BCUT2D eigenvalue weighted by molar-refractivity contribution is -0.383. The van der Waals surface area contributed by atoms with Crippen LogP contribution in [0.1, 0.15) is 12.5 Å². The summed E-state index contributed by atoms with van der Waals surface area (Å²) in [5, 5.41) is 14.9. The number of nitrogens with one attached hydrogen (secondary N) is 1. The van der Waals surface area contributed by atoms with Gasteiger partial charge >= 0.3 is 5.69 Å². The summed E-state index contributed by atoms with van der Waals surface area (Å²) in [4.78, 5) is 23.8. The van der Waals surface area contributed by atoms with Crippen LogP contribution in [0, 0.1) is 10.1 Å². The largest absolute Gasteiger partial charge is 0.494 e. The molecule has 0 atom stereocenters. The number of nitrogens with zero attached hydrogens (tertiary/aromatic N) is 5. The number of ether oxygens (including phenoxy) is 1. The number of aromatic nitrogens is 2. The zero-order valence-electron chi connectivity index (χ0n) is 16.3. The van der Waals surface area contributed by atoms with Gasteiger partial charge in [-0.25, -0.2) is 9.97 Å². The number of benzene rings is 1. The van der Waals surface area contributed by atoms with Gasteiger partial charge in [0.05, 0.1) is 11.5 Å². The first-order valence-electron chi connectivity index (χ1n) is 9.47. The lowest BCUT2D eigenvalue weighted by atomic mass is 10.1. The molecule has 1 aromatic carbocycles. The van der Waals surface area contributed by atoms with Gasteiger partial charge in [0.1, 0.15) is 12.1 Å². The molecule has 1 N–H and O–H groups in total. The van der Waals surface area contributed by atoms with Crippen molar-refractivity contribution in [2.45, 2.75) is 13.3 Å². The zero-order valence-corrected chi connectivity index (χ0v) is 16.3. The molecule has 150 valence electrons. The molecule has 9 nitrogen and oxygen atoms in total. The molecule has 0 aliphatic carbocycles. The Hall–Kier alpha value is -2.94. The van der Waals surface area contributed by atoms with E-state index in [1.54, 1.807) is 0 Å². The van der Waals surface area contributed by atoms with Gasteiger partial charge in [-0.05, 0) is 32.0 Å². The minimum absolute atomic E-state index is 0.0647. The summed E-state index contributed by atoms with van der Waals surface area (Å²) in [5.74, 6) is 1.47. The number of hydrogen-bond donors (Lipinski definition) is 1. The maximum absolute atomic E-state index is 11.8. The second-order valence-corrected chi connectivity index (χ2v) is 6.66. The molecule has 0 spiro atoms. The van der Waals surface area contributed by atoms with Crippen LogP contribution in [-0.2, 0) is 6.42 Å². The number of anilines is 2. The van der Waals surface area contributed by atoms with Gasteiger partial charge in [0.25, 0.3) is 0 Å². The predicted octanol–water partition coefficient (Wildman–Crippen LogP) is 2.19. The molecule has 1 aliphatic rings. The molecule has 28 heavy (non-hydrogen) atoms. The van der Waals surface area contributed by atoms with Crippen molar-refractivity contribution in [3.8, 4) is 5.75 Å². The van der Waals surface area contributed by atoms with Crippen molar-refractivity contribution < 1.29 is 9.66 Å². The second-order valence-electron chi connectivity index (χ2n) is 6.66. The highest BCUT2D eigenvalue weighted by atomic mass is 16.6. The fourth-order valence-electron chi connectivity index (χ4n) is 3.24. The van der Waals surface area contributed by atoms with Crippen LogP contribution in [0.5, 0.6) is 5.75 Å². The van der Waals surface area contributed by atoms with E-state index in [4.69, 9.17) is 4.74 Å². The minimum Gasteiger partial charge on any atom is -0.494 e. The van der Waals surface area contributed by atoms with Crippen molar-refractivity contribution in [1.82, 2.24) is 14.9 Å². The van der Waals surface area contributed by atoms with Gasteiger partial charge in [-0.2, -0.15) is 0 Å². The Morgan fingerprint density at radius 1 is 1.21 bits per heavy atom. The van der Waals surface area contributed by atoms with Crippen LogP contribution in [0.25, 0.3) is 0 Å². The molecule has 0 radical (unpaired) electrons. The van der Waals surface area contributed by atoms with E-state index in [1.165, 1.54) is 6.33 Å². The summed E-state index contributed by atoms with van der Waals surface area (Å²) < 4.78 is 5.64. The fourth-order valence-corrected chi connectivity index (χ4v) is 3.24. The molecule has 3 rings (SSSR count). The maximum Gasteiger partial charge on any atom is 0.353 e. The average molecular weight is 386 g/mol. The van der Waals surface area contributed by atoms with Crippen LogP contribution in [0.4, 0.5) is 17.3 Å². The molecular formula is C19H26N6O3. The third-order valence-electron chi connectivity index (χ3n) is 4.75. The topological polar surface area (TPSA) is 96.7 Å². The number of hydrogen-bond acceptors (Lipinski definition) is 8. The van der Waals surface area contributed by atoms with Crippen molar-refractivity contribution in [2.75, 3.05) is 56.6 Å². The molecule has 1 fully saturated rings. The lowest BCUT2D eigenvalue weighted by Crippen LogP contribution is -2.45. The normalized spacial score (nSPS) is 14.7. The number of piperazine rings is 1. The highest BCUT2D eigenvalue weighted by Gasteiger charge is 2.28. The number of likely N-dealkylation sites (N-methyl/N-ethyl adjacent to an activating group) is 1. The highest BCUT2D eigenvalue weighted by Crippen LogP contribution is 2.32. The Kier molecular flexibility index (Phi) is 6.59. The van der Waals surface area contributed by atoms with E-state index in [0.29, 0.717) is 38.5 Å². The molecule has 2 heterocycles. The number of para-hydroxylation sites is 1. The lowest BCUT2D eigenvalue weighted by Gasteiger charge is -2.32. The molecule has 0 amide bonds. The van der Waals surface area contributed by atoms with Crippen LogP contribution in [0.3, 0.4) is 0 Å². The van der Waals surface area contributed by atoms with Crippen molar-refractivity contribution in [3.05, 3.63) is 46.3 Å². The van der Waals surface area contributed by atoms with Gasteiger partial charge in [0, 0.05) is 32.7 Å².